The van der Waals surface area contributed by atoms with Gasteiger partial charge in [-0.1, -0.05) is 0 Å². The third kappa shape index (κ3) is 5.91. The van der Waals surface area contributed by atoms with Gasteiger partial charge in [0.1, 0.15) is 5.75 Å². The average Bonchev–Trinajstić information content (AvgIpc) is 3.46. The van der Waals surface area contributed by atoms with E-state index in [1.807, 2.05) is 31.2 Å². The Hall–Kier alpha value is -5.13. The molecule has 1 heterocycles. The molecule has 216 valence electrons. The zero-order chi connectivity index (χ0) is 29.5. The number of hydrogen-bond donors (Lipinski definition) is 1. The summed E-state index contributed by atoms with van der Waals surface area (Å²) in [7, 11) is 9.05. The number of rotatable bonds is 12. The summed E-state index contributed by atoms with van der Waals surface area (Å²) < 4.78 is 39.8. The van der Waals surface area contributed by atoms with Crippen LogP contribution < -0.4 is 38.5 Å². The fourth-order valence-corrected chi connectivity index (χ4v) is 4.18. The minimum atomic E-state index is -0.558. The molecule has 0 aliphatic heterocycles. The zero-order valence-corrected chi connectivity index (χ0v) is 23.9. The van der Waals surface area contributed by atoms with Crippen LogP contribution in [0.3, 0.4) is 0 Å². The second-order valence-electron chi connectivity index (χ2n) is 8.38. The van der Waals surface area contributed by atoms with Gasteiger partial charge >= 0.3 is 0 Å². The molecule has 3 aromatic carbocycles. The molecule has 1 N–H and O–H groups in total. The van der Waals surface area contributed by atoms with Crippen LogP contribution in [-0.4, -0.2) is 69.9 Å². The van der Waals surface area contributed by atoms with Gasteiger partial charge in [0.05, 0.1) is 55.0 Å². The highest BCUT2D eigenvalue weighted by Crippen LogP contribution is 2.42. The third-order valence-electron chi connectivity index (χ3n) is 6.05. The lowest BCUT2D eigenvalue weighted by molar-refractivity contribution is 0.101. The lowest BCUT2D eigenvalue weighted by Gasteiger charge is -2.14. The molecular weight excluding hydrogens is 532 g/mol. The summed E-state index contributed by atoms with van der Waals surface area (Å²) in [4.78, 5) is 18.0. The zero-order valence-electron chi connectivity index (χ0n) is 23.9. The second-order valence-corrected chi connectivity index (χ2v) is 8.38. The largest absolute Gasteiger partial charge is 0.494 e. The van der Waals surface area contributed by atoms with Gasteiger partial charge < -0.3 is 38.5 Å². The number of hydrogen-bond acceptors (Lipinski definition) is 10. The van der Waals surface area contributed by atoms with E-state index in [1.165, 1.54) is 42.7 Å². The van der Waals surface area contributed by atoms with Crippen molar-refractivity contribution in [1.82, 2.24) is 14.8 Å². The lowest BCUT2D eigenvalue weighted by atomic mass is 10.1. The van der Waals surface area contributed by atoms with Crippen LogP contribution in [-0.2, 0) is 0 Å². The van der Waals surface area contributed by atoms with E-state index in [1.54, 1.807) is 28.9 Å². The maximum Gasteiger partial charge on any atom is 0.295 e. The highest BCUT2D eigenvalue weighted by Gasteiger charge is 2.23. The molecular formula is C29H32N4O8. The number of amides is 1. The minimum absolute atomic E-state index is 0.0867. The van der Waals surface area contributed by atoms with Crippen molar-refractivity contribution in [3.05, 3.63) is 54.4 Å². The van der Waals surface area contributed by atoms with E-state index in [0.717, 1.165) is 0 Å². The minimum Gasteiger partial charge on any atom is -0.494 e. The van der Waals surface area contributed by atoms with Gasteiger partial charge in [0.15, 0.2) is 28.8 Å². The molecule has 0 aliphatic rings. The summed E-state index contributed by atoms with van der Waals surface area (Å²) in [5, 5.41) is 7.36. The number of anilines is 1. The van der Waals surface area contributed by atoms with Crippen molar-refractivity contribution in [3.63, 3.8) is 0 Å². The summed E-state index contributed by atoms with van der Waals surface area (Å²) in [5.74, 6) is 2.85. The van der Waals surface area contributed by atoms with E-state index in [0.29, 0.717) is 69.6 Å². The molecule has 12 nitrogen and oxygen atoms in total. The fourth-order valence-electron chi connectivity index (χ4n) is 4.18. The number of carbonyl (C=O) groups excluding carboxylic acids is 1. The van der Waals surface area contributed by atoms with Gasteiger partial charge in [-0.2, -0.15) is 0 Å². The molecule has 0 unspecified atom stereocenters. The van der Waals surface area contributed by atoms with Crippen molar-refractivity contribution < 1.29 is 38.0 Å². The predicted molar refractivity (Wildman–Crippen MR) is 152 cm³/mol. The Balaban J connectivity index is 1.81. The number of benzene rings is 3. The van der Waals surface area contributed by atoms with Crippen LogP contribution in [0.25, 0.3) is 17.1 Å². The summed E-state index contributed by atoms with van der Waals surface area (Å²) in [6.07, 6.45) is 0. The number of methoxy groups -OCH3 is 6. The van der Waals surface area contributed by atoms with Gasteiger partial charge in [-0.25, -0.2) is 9.67 Å². The number of ether oxygens (including phenoxy) is 7. The lowest BCUT2D eigenvalue weighted by Crippen LogP contribution is -2.14. The van der Waals surface area contributed by atoms with Crippen molar-refractivity contribution in [2.24, 2.45) is 0 Å². The van der Waals surface area contributed by atoms with Crippen LogP contribution in [0.1, 0.15) is 17.5 Å². The van der Waals surface area contributed by atoms with Crippen LogP contribution in [0.5, 0.6) is 40.2 Å². The van der Waals surface area contributed by atoms with Crippen LogP contribution in [0, 0.1) is 0 Å². The van der Waals surface area contributed by atoms with Gasteiger partial charge in [0, 0.05) is 23.4 Å². The predicted octanol–water partition coefficient (Wildman–Crippen LogP) is 4.64. The fraction of sp³-hybridized carbons (Fsp3) is 0.276. The smallest absolute Gasteiger partial charge is 0.295 e. The monoisotopic (exact) mass is 564 g/mol. The van der Waals surface area contributed by atoms with Crippen LogP contribution >= 0.6 is 0 Å². The number of nitrogens with zero attached hydrogens (tertiary/aromatic N) is 3. The van der Waals surface area contributed by atoms with Crippen molar-refractivity contribution in [2.75, 3.05) is 54.6 Å². The highest BCUT2D eigenvalue weighted by atomic mass is 16.5. The molecule has 1 aromatic heterocycles. The molecule has 0 aliphatic carbocycles. The first-order chi connectivity index (χ1) is 19.9. The maximum atomic E-state index is 13.4. The summed E-state index contributed by atoms with van der Waals surface area (Å²) in [5.41, 5.74) is 1.63. The van der Waals surface area contributed by atoms with Crippen molar-refractivity contribution in [2.45, 2.75) is 6.92 Å². The Morgan fingerprint density at radius 3 is 1.73 bits per heavy atom. The summed E-state index contributed by atoms with van der Waals surface area (Å²) >= 11 is 0. The summed E-state index contributed by atoms with van der Waals surface area (Å²) in [6.45, 7) is 2.44. The molecule has 0 atom stereocenters. The van der Waals surface area contributed by atoms with E-state index >= 15 is 0 Å². The van der Waals surface area contributed by atoms with Gasteiger partial charge in [0.2, 0.25) is 17.3 Å². The number of carbonyl (C=O) groups is 1. The van der Waals surface area contributed by atoms with E-state index < -0.39 is 5.91 Å². The average molecular weight is 565 g/mol. The first kappa shape index (κ1) is 28.9. The second kappa shape index (κ2) is 12.8. The molecule has 0 spiro atoms. The first-order valence-corrected chi connectivity index (χ1v) is 12.5. The maximum absolute atomic E-state index is 13.4. The molecule has 4 aromatic rings. The van der Waals surface area contributed by atoms with Crippen LogP contribution in [0.4, 0.5) is 5.69 Å². The van der Waals surface area contributed by atoms with E-state index in [4.69, 9.17) is 33.2 Å². The Bertz CT molecular complexity index is 1470. The molecule has 0 fully saturated rings. The Morgan fingerprint density at radius 2 is 1.27 bits per heavy atom. The van der Waals surface area contributed by atoms with Crippen LogP contribution in [0.2, 0.25) is 0 Å². The van der Waals surface area contributed by atoms with Gasteiger partial charge in [-0.3, -0.25) is 4.79 Å². The third-order valence-corrected chi connectivity index (χ3v) is 6.05. The van der Waals surface area contributed by atoms with E-state index in [9.17, 15) is 4.79 Å². The van der Waals surface area contributed by atoms with Crippen molar-refractivity contribution >= 4 is 11.6 Å². The molecule has 0 radical (unpaired) electrons. The summed E-state index contributed by atoms with van der Waals surface area (Å²) in [6, 6.07) is 14.0. The Kier molecular flexibility index (Phi) is 9.02. The molecule has 0 bridgehead atoms. The van der Waals surface area contributed by atoms with E-state index in [-0.39, 0.29) is 5.82 Å². The Labute approximate surface area is 237 Å². The van der Waals surface area contributed by atoms with Gasteiger partial charge in [0.25, 0.3) is 5.91 Å². The number of aromatic nitrogens is 3. The molecule has 0 saturated heterocycles. The normalized spacial score (nSPS) is 10.5. The standard InChI is InChI=1S/C29H32N4O8/c1-8-41-20-11-9-19(10-12-20)33-28(17-13-21(35-2)25(39-6)22(14-17)36-3)31-27(32-33)29(34)30-18-15-23(37-4)26(40-7)24(16-18)38-5/h9-16H,8H2,1-7H3,(H,30,34). The first-order valence-electron chi connectivity index (χ1n) is 12.5. The van der Waals surface area contributed by atoms with Gasteiger partial charge in [-0.05, 0) is 43.3 Å². The topological polar surface area (TPSA) is 124 Å². The molecule has 41 heavy (non-hydrogen) atoms. The molecule has 4 rings (SSSR count). The number of nitrogens with one attached hydrogen (secondary N) is 1. The van der Waals surface area contributed by atoms with Gasteiger partial charge in [-0.15, -0.1) is 5.10 Å². The van der Waals surface area contributed by atoms with E-state index in [2.05, 4.69) is 15.4 Å². The molecule has 0 saturated carbocycles. The Morgan fingerprint density at radius 1 is 0.756 bits per heavy atom. The van der Waals surface area contributed by atoms with Crippen LogP contribution in [0.15, 0.2) is 48.5 Å². The molecule has 12 heteroatoms. The van der Waals surface area contributed by atoms with Crippen molar-refractivity contribution in [1.29, 1.82) is 0 Å². The molecule has 1 amide bonds. The van der Waals surface area contributed by atoms with Crippen molar-refractivity contribution in [3.8, 4) is 57.3 Å². The quantitative estimate of drug-likeness (QED) is 0.260. The SMILES string of the molecule is CCOc1ccc(-n2nc(C(=O)Nc3cc(OC)c(OC)c(OC)c3)nc2-c2cc(OC)c(OC)c(OC)c2)cc1. The highest BCUT2D eigenvalue weighted by molar-refractivity contribution is 6.02.